The summed E-state index contributed by atoms with van der Waals surface area (Å²) in [6.07, 6.45) is -0.434. The number of benzene rings is 2. The Hall–Kier alpha value is -3.83. The van der Waals surface area contributed by atoms with Gasteiger partial charge in [-0.1, -0.05) is 48.5 Å². The van der Waals surface area contributed by atoms with Crippen LogP contribution in [0.4, 0.5) is 5.95 Å². The summed E-state index contributed by atoms with van der Waals surface area (Å²) in [4.78, 5) is 23.6. The van der Waals surface area contributed by atoms with Gasteiger partial charge >= 0.3 is 0 Å². The van der Waals surface area contributed by atoms with Crippen molar-refractivity contribution in [2.24, 2.45) is 0 Å². The third kappa shape index (κ3) is 3.38. The van der Waals surface area contributed by atoms with Gasteiger partial charge in [-0.3, -0.25) is 14.3 Å². The Labute approximate surface area is 199 Å². The second-order valence-electron chi connectivity index (χ2n) is 8.73. The monoisotopic (exact) mass is 473 g/mol. The maximum atomic E-state index is 12.5. The third-order valence-electron chi connectivity index (χ3n) is 6.67. The maximum absolute atomic E-state index is 12.5. The first-order chi connectivity index (χ1) is 17.0. The molecule has 4 atom stereocenters. The van der Waals surface area contributed by atoms with Gasteiger partial charge in [-0.15, -0.1) is 0 Å². The van der Waals surface area contributed by atoms with E-state index in [4.69, 9.17) is 10.5 Å². The Bertz CT molecular complexity index is 1540. The smallest absolute Gasteiger partial charge is 0.280 e. The summed E-state index contributed by atoms with van der Waals surface area (Å²) in [5, 5.41) is 30.5. The van der Waals surface area contributed by atoms with Gasteiger partial charge in [-0.25, -0.2) is 4.98 Å². The molecule has 0 bridgehead atoms. The van der Waals surface area contributed by atoms with E-state index in [-0.39, 0.29) is 22.9 Å². The number of nitrogen functional groups attached to an aromatic ring is 1. The van der Waals surface area contributed by atoms with Gasteiger partial charge in [0.2, 0.25) is 5.95 Å². The number of aliphatic hydroxyl groups is 3. The van der Waals surface area contributed by atoms with E-state index in [9.17, 15) is 20.1 Å². The molecule has 35 heavy (non-hydrogen) atoms. The molecule has 0 spiro atoms. The first kappa shape index (κ1) is 21.7. The van der Waals surface area contributed by atoms with Crippen molar-refractivity contribution < 1.29 is 20.1 Å². The Morgan fingerprint density at radius 2 is 1.89 bits per heavy atom. The molecule has 1 saturated heterocycles. The van der Waals surface area contributed by atoms with Gasteiger partial charge in [0.05, 0.1) is 6.61 Å². The summed E-state index contributed by atoms with van der Waals surface area (Å²) < 4.78 is 7.15. The van der Waals surface area contributed by atoms with Crippen molar-refractivity contribution in [1.82, 2.24) is 19.5 Å². The molecule has 2 aromatic carbocycles. The van der Waals surface area contributed by atoms with Crippen LogP contribution in [0.25, 0.3) is 34.4 Å². The number of nitrogens with zero attached hydrogens (tertiary/aromatic N) is 3. The lowest BCUT2D eigenvalue weighted by molar-refractivity contribution is -0.0513. The fraction of sp³-hybridized carbons (Fsp3) is 0.240. The van der Waals surface area contributed by atoms with Gasteiger partial charge in [-0.2, -0.15) is 4.98 Å². The lowest BCUT2D eigenvalue weighted by Crippen LogP contribution is -2.33. The van der Waals surface area contributed by atoms with E-state index < -0.39 is 36.7 Å². The van der Waals surface area contributed by atoms with Crippen LogP contribution in [0, 0.1) is 0 Å². The Balaban J connectivity index is 1.47. The highest BCUT2D eigenvalue weighted by Crippen LogP contribution is 2.39. The van der Waals surface area contributed by atoms with E-state index >= 15 is 0 Å². The second kappa shape index (κ2) is 8.14. The normalized spacial score (nSPS) is 23.3. The Morgan fingerprint density at radius 3 is 2.69 bits per heavy atom. The number of nitrogens with two attached hydrogens (primary N) is 1. The fourth-order valence-electron chi connectivity index (χ4n) is 4.98. The molecule has 0 saturated carbocycles. The molecule has 10 heteroatoms. The van der Waals surface area contributed by atoms with Crippen LogP contribution in [0.5, 0.6) is 0 Å². The largest absolute Gasteiger partial charge is 0.394 e. The third-order valence-corrected chi connectivity index (χ3v) is 6.67. The zero-order chi connectivity index (χ0) is 24.3. The number of rotatable bonds is 4. The molecule has 2 aromatic heterocycles. The van der Waals surface area contributed by atoms with Gasteiger partial charge in [0.25, 0.3) is 5.56 Å². The van der Waals surface area contributed by atoms with Crippen LogP contribution in [-0.2, 0) is 11.2 Å². The van der Waals surface area contributed by atoms with E-state index in [0.717, 1.165) is 12.0 Å². The molecule has 4 aromatic rings. The molecule has 1 fully saturated rings. The highest BCUT2D eigenvalue weighted by Gasteiger charge is 2.44. The number of hydrogen-bond donors (Lipinski definition) is 5. The number of ether oxygens (including phenoxy) is 1. The summed E-state index contributed by atoms with van der Waals surface area (Å²) in [5.41, 5.74) is 11.2. The van der Waals surface area contributed by atoms with Gasteiger partial charge < -0.3 is 25.8 Å². The van der Waals surface area contributed by atoms with Gasteiger partial charge in [0, 0.05) is 0 Å². The molecule has 1 aliphatic carbocycles. The number of aromatic nitrogens is 4. The van der Waals surface area contributed by atoms with E-state index in [1.807, 2.05) is 30.3 Å². The first-order valence-electron chi connectivity index (χ1n) is 11.2. The predicted molar refractivity (Wildman–Crippen MR) is 129 cm³/mol. The van der Waals surface area contributed by atoms with Crippen LogP contribution in [-0.4, -0.2) is 59.8 Å². The lowest BCUT2D eigenvalue weighted by atomic mass is 10.0. The van der Waals surface area contributed by atoms with Gasteiger partial charge in [0.15, 0.2) is 17.4 Å². The van der Waals surface area contributed by atoms with Crippen molar-refractivity contribution in [3.8, 4) is 11.1 Å². The topological polar surface area (TPSA) is 160 Å². The van der Waals surface area contributed by atoms with E-state index in [1.165, 1.54) is 26.8 Å². The minimum Gasteiger partial charge on any atom is -0.394 e. The Morgan fingerprint density at radius 1 is 1.09 bits per heavy atom. The second-order valence-corrected chi connectivity index (χ2v) is 8.73. The van der Waals surface area contributed by atoms with Crippen molar-refractivity contribution in [3.05, 3.63) is 75.3 Å². The minimum atomic E-state index is -1.38. The molecule has 10 nitrogen and oxygen atoms in total. The zero-order valence-corrected chi connectivity index (χ0v) is 18.5. The number of anilines is 1. The number of aliphatic hydroxyl groups excluding tert-OH is 3. The van der Waals surface area contributed by atoms with Crippen LogP contribution >= 0.6 is 0 Å². The molecule has 6 rings (SSSR count). The number of hydrogen-bond acceptors (Lipinski definition) is 8. The van der Waals surface area contributed by atoms with Gasteiger partial charge in [-0.05, 0) is 40.3 Å². The molecule has 2 aliphatic rings. The van der Waals surface area contributed by atoms with Crippen molar-refractivity contribution in [2.45, 2.75) is 31.0 Å². The Kier molecular flexibility index (Phi) is 5.04. The minimum absolute atomic E-state index is 0.0160. The standard InChI is InChI=1S/C25H23N5O5/c26-25-28-22-19(23(34)29-25)27-18(30(22)24-21(33)20(32)17(11-31)35-24)9-8-12-5-3-7-15-14-6-2-1-4-13(14)10-16(12)15/h1-9,17,20-21,24,31-33H,10-11H2,(H3,26,28,29,34)/t17-,20?,21?,24-/m1/s1. The highest BCUT2D eigenvalue weighted by atomic mass is 16.6. The number of imidazole rings is 1. The fourth-order valence-corrected chi connectivity index (χ4v) is 4.98. The van der Waals surface area contributed by atoms with E-state index in [0.29, 0.717) is 0 Å². The van der Waals surface area contributed by atoms with Crippen molar-refractivity contribution in [2.75, 3.05) is 12.3 Å². The van der Waals surface area contributed by atoms with Crippen LogP contribution in [0.15, 0.2) is 47.3 Å². The van der Waals surface area contributed by atoms with Crippen LogP contribution in [0.2, 0.25) is 0 Å². The van der Waals surface area contributed by atoms with E-state index in [2.05, 4.69) is 33.2 Å². The van der Waals surface area contributed by atoms with E-state index in [1.54, 1.807) is 6.08 Å². The molecule has 3 heterocycles. The van der Waals surface area contributed by atoms with Crippen LogP contribution in [0.3, 0.4) is 0 Å². The molecule has 178 valence electrons. The summed E-state index contributed by atoms with van der Waals surface area (Å²) in [6, 6.07) is 14.4. The molecule has 6 N–H and O–H groups in total. The number of H-pyrrole nitrogens is 1. The predicted octanol–water partition coefficient (Wildman–Crippen LogP) is 1.05. The number of fused-ring (bicyclic) bond motifs is 4. The summed E-state index contributed by atoms with van der Waals surface area (Å²) in [6.45, 7) is -0.487. The van der Waals surface area contributed by atoms with Crippen molar-refractivity contribution >= 4 is 29.3 Å². The van der Waals surface area contributed by atoms with Crippen molar-refractivity contribution in [3.63, 3.8) is 0 Å². The first-order valence-corrected chi connectivity index (χ1v) is 11.2. The molecular formula is C25H23N5O5. The summed E-state index contributed by atoms with van der Waals surface area (Å²) >= 11 is 0. The highest BCUT2D eigenvalue weighted by molar-refractivity contribution is 5.83. The molecule has 0 radical (unpaired) electrons. The SMILES string of the molecule is Nc1nc2c(nc(C=Cc3cccc4c3Cc3ccccc3-4)n2[C@@H]2O[C@H](CO)C(O)C2O)c(=O)[nH]1. The quantitative estimate of drug-likeness (QED) is 0.259. The molecule has 1 aliphatic heterocycles. The summed E-state index contributed by atoms with van der Waals surface area (Å²) in [5.74, 6) is 0.163. The lowest BCUT2D eigenvalue weighted by Gasteiger charge is -2.18. The molecular weight excluding hydrogens is 450 g/mol. The number of nitrogens with one attached hydrogen (secondary N) is 1. The average Bonchev–Trinajstić information content (AvgIpc) is 3.50. The van der Waals surface area contributed by atoms with Gasteiger partial charge in [0.1, 0.15) is 24.1 Å². The zero-order valence-electron chi connectivity index (χ0n) is 18.5. The summed E-state index contributed by atoms with van der Waals surface area (Å²) in [7, 11) is 0. The van der Waals surface area contributed by atoms with Crippen LogP contribution in [0.1, 0.15) is 28.7 Å². The average molecular weight is 473 g/mol. The maximum Gasteiger partial charge on any atom is 0.280 e. The molecule has 2 unspecified atom stereocenters. The molecule has 0 amide bonds. The van der Waals surface area contributed by atoms with Crippen LogP contribution < -0.4 is 11.3 Å². The number of aromatic amines is 1. The van der Waals surface area contributed by atoms with Crippen molar-refractivity contribution in [1.29, 1.82) is 0 Å².